The largest absolute Gasteiger partial charge is 0.308 e. The molecule has 2 aromatic rings. The van der Waals surface area contributed by atoms with Gasteiger partial charge in [-0.05, 0) is 43.2 Å². The molecule has 7 heteroatoms. The molecule has 2 aromatic carbocycles. The van der Waals surface area contributed by atoms with Crippen LogP contribution in [0, 0.1) is 0 Å². The van der Waals surface area contributed by atoms with Gasteiger partial charge in [-0.2, -0.15) is 0 Å². The number of fused-ring (bicyclic) bond motifs is 1. The maximum atomic E-state index is 13.6. The molecule has 0 saturated carbocycles. The standard InChI is InChI=1S/C20H21BrN2O3S/c1-4-10-22(18-8-6-5-7-9-18)27(25,26)19-13-17(21)12-16-11-14(2)23(15(3)24)20(16)19/h4-9,12-14H,1,10-11H2,2-3H3/t14-/m0/s1. The van der Waals surface area contributed by atoms with Crippen molar-refractivity contribution in [1.29, 1.82) is 0 Å². The van der Waals surface area contributed by atoms with Crippen molar-refractivity contribution in [1.82, 2.24) is 0 Å². The number of rotatable bonds is 5. The normalized spacial score (nSPS) is 16.1. The predicted molar refractivity (Wildman–Crippen MR) is 112 cm³/mol. The Morgan fingerprint density at radius 1 is 1.33 bits per heavy atom. The summed E-state index contributed by atoms with van der Waals surface area (Å²) >= 11 is 3.42. The number of amides is 1. The fourth-order valence-corrected chi connectivity index (χ4v) is 5.87. The van der Waals surface area contributed by atoms with E-state index in [-0.39, 0.29) is 23.4 Å². The van der Waals surface area contributed by atoms with Gasteiger partial charge in [-0.25, -0.2) is 8.42 Å². The van der Waals surface area contributed by atoms with E-state index in [1.165, 1.54) is 11.2 Å². The van der Waals surface area contributed by atoms with Crippen LogP contribution in [0.3, 0.4) is 0 Å². The molecule has 0 fully saturated rings. The maximum Gasteiger partial charge on any atom is 0.266 e. The lowest BCUT2D eigenvalue weighted by Gasteiger charge is -2.27. The molecule has 0 aliphatic carbocycles. The summed E-state index contributed by atoms with van der Waals surface area (Å²) in [5, 5.41) is 0. The quantitative estimate of drug-likeness (QED) is 0.646. The number of halogens is 1. The summed E-state index contributed by atoms with van der Waals surface area (Å²) in [6.07, 6.45) is 2.16. The van der Waals surface area contributed by atoms with Crippen molar-refractivity contribution >= 4 is 43.2 Å². The number of para-hydroxylation sites is 1. The van der Waals surface area contributed by atoms with E-state index in [1.54, 1.807) is 41.3 Å². The molecule has 3 rings (SSSR count). The van der Waals surface area contributed by atoms with Gasteiger partial charge < -0.3 is 4.90 Å². The molecule has 5 nitrogen and oxygen atoms in total. The molecule has 142 valence electrons. The summed E-state index contributed by atoms with van der Waals surface area (Å²) < 4.78 is 29.2. The Balaban J connectivity index is 2.23. The fourth-order valence-electron chi connectivity index (χ4n) is 3.52. The van der Waals surface area contributed by atoms with Crippen molar-refractivity contribution in [3.8, 4) is 0 Å². The van der Waals surface area contributed by atoms with Crippen LogP contribution in [0.15, 0.2) is 64.5 Å². The van der Waals surface area contributed by atoms with Gasteiger partial charge in [0.25, 0.3) is 10.0 Å². The van der Waals surface area contributed by atoms with Crippen LogP contribution in [0.5, 0.6) is 0 Å². The van der Waals surface area contributed by atoms with Gasteiger partial charge in [-0.3, -0.25) is 9.10 Å². The molecule has 1 atom stereocenters. The SMILES string of the molecule is C=CCN(c1ccccc1)S(=O)(=O)c1cc(Br)cc2c1N(C(C)=O)[C@@H](C)C2. The number of anilines is 2. The van der Waals surface area contributed by atoms with E-state index in [0.29, 0.717) is 22.3 Å². The first-order valence-corrected chi connectivity index (χ1v) is 10.8. The smallest absolute Gasteiger partial charge is 0.266 e. The summed E-state index contributed by atoms with van der Waals surface area (Å²) in [7, 11) is -3.92. The first-order chi connectivity index (χ1) is 12.8. The summed E-state index contributed by atoms with van der Waals surface area (Å²) in [5.74, 6) is -0.171. The fraction of sp³-hybridized carbons (Fsp3) is 0.250. The highest BCUT2D eigenvalue weighted by Gasteiger charge is 2.37. The van der Waals surface area contributed by atoms with E-state index in [0.717, 1.165) is 5.56 Å². The minimum absolute atomic E-state index is 0.0923. The highest BCUT2D eigenvalue weighted by Crippen LogP contribution is 2.41. The van der Waals surface area contributed by atoms with Crippen LogP contribution in [0.4, 0.5) is 11.4 Å². The highest BCUT2D eigenvalue weighted by molar-refractivity contribution is 9.10. The number of hydrogen-bond donors (Lipinski definition) is 0. The van der Waals surface area contributed by atoms with E-state index >= 15 is 0 Å². The lowest BCUT2D eigenvalue weighted by molar-refractivity contribution is -0.116. The molecular formula is C20H21BrN2O3S. The van der Waals surface area contributed by atoms with Crippen molar-refractivity contribution < 1.29 is 13.2 Å². The van der Waals surface area contributed by atoms with Crippen molar-refractivity contribution in [3.05, 3.63) is 65.2 Å². The van der Waals surface area contributed by atoms with Crippen LogP contribution in [0.1, 0.15) is 19.4 Å². The lowest BCUT2D eigenvalue weighted by atomic mass is 10.1. The van der Waals surface area contributed by atoms with Crippen LogP contribution in [0.2, 0.25) is 0 Å². The Morgan fingerprint density at radius 2 is 2.00 bits per heavy atom. The third-order valence-corrected chi connectivity index (χ3v) is 6.83. The van der Waals surface area contributed by atoms with Crippen molar-refractivity contribution in [2.24, 2.45) is 0 Å². The molecule has 1 amide bonds. The minimum atomic E-state index is -3.92. The first kappa shape index (κ1) is 19.6. The first-order valence-electron chi connectivity index (χ1n) is 8.58. The molecule has 27 heavy (non-hydrogen) atoms. The van der Waals surface area contributed by atoms with Crippen LogP contribution >= 0.6 is 15.9 Å². The summed E-state index contributed by atoms with van der Waals surface area (Å²) in [5.41, 5.74) is 1.87. The maximum absolute atomic E-state index is 13.6. The zero-order valence-corrected chi connectivity index (χ0v) is 17.6. The second kappa shape index (κ2) is 7.48. The van der Waals surface area contributed by atoms with Crippen molar-refractivity contribution in [3.63, 3.8) is 0 Å². The summed E-state index contributed by atoms with van der Waals surface area (Å²) in [4.78, 5) is 13.9. The van der Waals surface area contributed by atoms with Gasteiger partial charge in [-0.1, -0.05) is 40.2 Å². The third-order valence-electron chi connectivity index (χ3n) is 4.56. The molecule has 1 aliphatic rings. The highest BCUT2D eigenvalue weighted by atomic mass is 79.9. The zero-order chi connectivity index (χ0) is 19.8. The van der Waals surface area contributed by atoms with Gasteiger partial charge in [0.1, 0.15) is 4.90 Å². The third kappa shape index (κ3) is 3.53. The second-order valence-corrected chi connectivity index (χ2v) is 9.26. The monoisotopic (exact) mass is 448 g/mol. The number of sulfonamides is 1. The van der Waals surface area contributed by atoms with E-state index in [9.17, 15) is 13.2 Å². The van der Waals surface area contributed by atoms with Gasteiger partial charge in [0.05, 0.1) is 17.9 Å². The number of hydrogen-bond acceptors (Lipinski definition) is 3. The van der Waals surface area contributed by atoms with Gasteiger partial charge in [0.15, 0.2) is 0 Å². The van der Waals surface area contributed by atoms with Gasteiger partial charge in [0.2, 0.25) is 5.91 Å². The molecule has 0 radical (unpaired) electrons. The Morgan fingerprint density at radius 3 is 2.59 bits per heavy atom. The van der Waals surface area contributed by atoms with E-state index < -0.39 is 10.0 Å². The van der Waals surface area contributed by atoms with E-state index in [1.807, 2.05) is 19.1 Å². The van der Waals surface area contributed by atoms with E-state index in [4.69, 9.17) is 0 Å². The molecular weight excluding hydrogens is 428 g/mol. The van der Waals surface area contributed by atoms with Crippen LogP contribution in [-0.4, -0.2) is 26.9 Å². The number of nitrogens with zero attached hydrogens (tertiary/aromatic N) is 2. The lowest BCUT2D eigenvalue weighted by Crippen LogP contribution is -2.36. The molecule has 0 N–H and O–H groups in total. The Labute approximate surface area is 168 Å². The average Bonchev–Trinajstić information content (AvgIpc) is 2.95. The summed E-state index contributed by atoms with van der Waals surface area (Å²) in [6, 6.07) is 12.3. The van der Waals surface area contributed by atoms with Crippen molar-refractivity contribution in [2.75, 3.05) is 15.7 Å². The molecule has 0 saturated heterocycles. The number of benzene rings is 2. The molecule has 0 unspecified atom stereocenters. The Kier molecular flexibility index (Phi) is 5.44. The molecule has 0 spiro atoms. The Bertz CT molecular complexity index is 990. The van der Waals surface area contributed by atoms with Crippen LogP contribution < -0.4 is 9.21 Å². The van der Waals surface area contributed by atoms with Gasteiger partial charge in [0, 0.05) is 17.4 Å². The number of carbonyl (C=O) groups is 1. The van der Waals surface area contributed by atoms with Crippen molar-refractivity contribution in [2.45, 2.75) is 31.2 Å². The zero-order valence-electron chi connectivity index (χ0n) is 15.2. The van der Waals surface area contributed by atoms with Gasteiger partial charge in [-0.15, -0.1) is 6.58 Å². The van der Waals surface area contributed by atoms with Gasteiger partial charge >= 0.3 is 0 Å². The Hall–Kier alpha value is -2.12. The number of carbonyl (C=O) groups excluding carboxylic acids is 1. The topological polar surface area (TPSA) is 57.7 Å². The summed E-state index contributed by atoms with van der Waals surface area (Å²) in [6.45, 7) is 7.21. The molecule has 0 aromatic heterocycles. The van der Waals surface area contributed by atoms with E-state index in [2.05, 4.69) is 22.5 Å². The molecule has 1 heterocycles. The molecule has 1 aliphatic heterocycles. The second-order valence-electron chi connectivity index (χ2n) is 6.51. The van der Waals surface area contributed by atoms with Crippen LogP contribution in [-0.2, 0) is 21.2 Å². The van der Waals surface area contributed by atoms with Crippen LogP contribution in [0.25, 0.3) is 0 Å². The molecule has 0 bridgehead atoms. The predicted octanol–water partition coefficient (Wildman–Crippen LogP) is 4.13. The minimum Gasteiger partial charge on any atom is -0.308 e. The average molecular weight is 449 g/mol.